The third-order valence-corrected chi connectivity index (χ3v) is 5.93. The molecule has 0 aliphatic carbocycles. The number of oxazole rings is 1. The monoisotopic (exact) mass is 506 g/mol. The summed E-state index contributed by atoms with van der Waals surface area (Å²) in [6.07, 6.45) is 0. The van der Waals surface area contributed by atoms with Crippen molar-refractivity contribution in [1.82, 2.24) is 20.1 Å². The van der Waals surface area contributed by atoms with E-state index in [2.05, 4.69) is 10.2 Å². The van der Waals surface area contributed by atoms with Crippen LogP contribution in [0.4, 0.5) is 0 Å². The predicted octanol–water partition coefficient (Wildman–Crippen LogP) is 4.39. The van der Waals surface area contributed by atoms with Crippen molar-refractivity contribution in [2.24, 2.45) is 0 Å². The summed E-state index contributed by atoms with van der Waals surface area (Å²) in [5.41, 5.74) is 2.89. The first-order valence-corrected chi connectivity index (χ1v) is 11.8. The minimum atomic E-state index is -1.36. The van der Waals surface area contributed by atoms with E-state index in [0.717, 1.165) is 27.9 Å². The van der Waals surface area contributed by atoms with Crippen molar-refractivity contribution in [3.05, 3.63) is 87.1 Å². The summed E-state index contributed by atoms with van der Waals surface area (Å²) in [7, 11) is 0. The van der Waals surface area contributed by atoms with Gasteiger partial charge in [0.2, 0.25) is 11.8 Å². The number of aryl methyl sites for hydroxylation is 3. The summed E-state index contributed by atoms with van der Waals surface area (Å²) in [5, 5.41) is 15.7. The minimum absolute atomic E-state index is 0.256. The number of nitrogens with zero attached hydrogens (tertiary/aromatic N) is 3. The van der Waals surface area contributed by atoms with Crippen LogP contribution in [-0.4, -0.2) is 36.8 Å². The molecule has 0 amide bonds. The number of aromatic amines is 1. The SMILES string of the molecule is Cc1cc(CN(Cc2n[nH]c(=O)o2)Cc2nc(-c3ccccc3)oc2C)cc(C)c1OC(C)(C)C(=O)O. The van der Waals surface area contributed by atoms with Crippen molar-refractivity contribution < 1.29 is 23.5 Å². The van der Waals surface area contributed by atoms with Crippen molar-refractivity contribution in [3.63, 3.8) is 0 Å². The molecule has 0 saturated heterocycles. The smallest absolute Gasteiger partial charge is 0.434 e. The molecular formula is C27H30N4O6. The summed E-state index contributed by atoms with van der Waals surface area (Å²) in [5.74, 6) is 0.368. The molecule has 4 aromatic rings. The minimum Gasteiger partial charge on any atom is -0.478 e. The Morgan fingerprint density at radius 1 is 1.05 bits per heavy atom. The molecule has 0 bridgehead atoms. The van der Waals surface area contributed by atoms with Crippen LogP contribution in [0.5, 0.6) is 5.75 Å². The quantitative estimate of drug-likeness (QED) is 0.321. The van der Waals surface area contributed by atoms with Crippen LogP contribution in [0, 0.1) is 20.8 Å². The number of carboxylic acid groups (broad SMARTS) is 1. The van der Waals surface area contributed by atoms with E-state index in [1.165, 1.54) is 13.8 Å². The van der Waals surface area contributed by atoms with Crippen LogP contribution in [0.25, 0.3) is 11.5 Å². The zero-order valence-electron chi connectivity index (χ0n) is 21.5. The van der Waals surface area contributed by atoms with Gasteiger partial charge in [0.25, 0.3) is 0 Å². The third-order valence-electron chi connectivity index (χ3n) is 5.93. The first-order chi connectivity index (χ1) is 17.5. The highest BCUT2D eigenvalue weighted by Gasteiger charge is 2.30. The zero-order chi connectivity index (χ0) is 26.7. The van der Waals surface area contributed by atoms with E-state index in [1.807, 2.05) is 68.1 Å². The maximum atomic E-state index is 11.5. The fourth-order valence-electron chi connectivity index (χ4n) is 4.03. The molecular weight excluding hydrogens is 476 g/mol. The molecule has 0 spiro atoms. The van der Waals surface area contributed by atoms with Crippen LogP contribution in [0.1, 0.15) is 47.9 Å². The molecule has 2 heterocycles. The van der Waals surface area contributed by atoms with E-state index in [0.29, 0.717) is 30.5 Å². The van der Waals surface area contributed by atoms with Crippen molar-refractivity contribution >= 4 is 5.97 Å². The zero-order valence-corrected chi connectivity index (χ0v) is 21.5. The Morgan fingerprint density at radius 2 is 1.73 bits per heavy atom. The number of hydrogen-bond donors (Lipinski definition) is 2. The van der Waals surface area contributed by atoms with Gasteiger partial charge in [0.05, 0.1) is 12.2 Å². The lowest BCUT2D eigenvalue weighted by Crippen LogP contribution is -2.38. The topological polar surface area (TPSA) is 135 Å². The molecule has 2 aromatic carbocycles. The van der Waals surface area contributed by atoms with Gasteiger partial charge in [0.1, 0.15) is 11.5 Å². The van der Waals surface area contributed by atoms with E-state index >= 15 is 0 Å². The second-order valence-corrected chi connectivity index (χ2v) is 9.52. The normalized spacial score (nSPS) is 11.7. The van der Waals surface area contributed by atoms with E-state index in [1.54, 1.807) is 0 Å². The van der Waals surface area contributed by atoms with Gasteiger partial charge in [0, 0.05) is 18.7 Å². The van der Waals surface area contributed by atoms with E-state index in [-0.39, 0.29) is 12.4 Å². The van der Waals surface area contributed by atoms with Gasteiger partial charge < -0.3 is 18.7 Å². The van der Waals surface area contributed by atoms with E-state index < -0.39 is 17.3 Å². The molecule has 10 heteroatoms. The van der Waals surface area contributed by atoms with Crippen LogP contribution in [-0.2, 0) is 24.4 Å². The Balaban J connectivity index is 1.61. The number of rotatable bonds is 10. The van der Waals surface area contributed by atoms with Gasteiger partial charge in [-0.15, -0.1) is 5.10 Å². The highest BCUT2D eigenvalue weighted by molar-refractivity contribution is 5.77. The molecule has 37 heavy (non-hydrogen) atoms. The number of carbonyl (C=O) groups is 1. The average molecular weight is 507 g/mol. The largest absolute Gasteiger partial charge is 0.478 e. The lowest BCUT2D eigenvalue weighted by atomic mass is 10.0. The Morgan fingerprint density at radius 3 is 2.32 bits per heavy atom. The maximum absolute atomic E-state index is 11.5. The first kappa shape index (κ1) is 25.9. The summed E-state index contributed by atoms with van der Waals surface area (Å²) in [6.45, 7) is 9.83. The van der Waals surface area contributed by atoms with Crippen LogP contribution in [0.3, 0.4) is 0 Å². The predicted molar refractivity (Wildman–Crippen MR) is 135 cm³/mol. The summed E-state index contributed by atoms with van der Waals surface area (Å²) < 4.78 is 16.9. The number of benzene rings is 2. The lowest BCUT2D eigenvalue weighted by Gasteiger charge is -2.25. The number of nitrogens with one attached hydrogen (secondary N) is 1. The number of carboxylic acids is 1. The Kier molecular flexibility index (Phi) is 7.30. The molecule has 194 valence electrons. The number of aliphatic carboxylic acids is 1. The highest BCUT2D eigenvalue weighted by Crippen LogP contribution is 2.30. The average Bonchev–Trinajstić information content (AvgIpc) is 3.41. The van der Waals surface area contributed by atoms with Crippen LogP contribution < -0.4 is 10.5 Å². The van der Waals surface area contributed by atoms with Crippen LogP contribution in [0.15, 0.2) is 56.1 Å². The Bertz CT molecular complexity index is 1430. The van der Waals surface area contributed by atoms with Gasteiger partial charge in [-0.25, -0.2) is 19.7 Å². The molecule has 0 aliphatic heterocycles. The van der Waals surface area contributed by atoms with Gasteiger partial charge >= 0.3 is 11.7 Å². The van der Waals surface area contributed by atoms with E-state index in [9.17, 15) is 14.7 Å². The van der Waals surface area contributed by atoms with Crippen molar-refractivity contribution in [3.8, 4) is 17.2 Å². The fourth-order valence-corrected chi connectivity index (χ4v) is 4.03. The summed E-state index contributed by atoms with van der Waals surface area (Å²) in [6, 6.07) is 13.6. The molecule has 4 rings (SSSR count). The second kappa shape index (κ2) is 10.4. The van der Waals surface area contributed by atoms with Gasteiger partial charge in [-0.05, 0) is 63.4 Å². The highest BCUT2D eigenvalue weighted by atomic mass is 16.5. The van der Waals surface area contributed by atoms with Crippen molar-refractivity contribution in [2.45, 2.75) is 59.9 Å². The standard InChI is InChI=1S/C27H30N4O6/c1-16-11-19(12-17(2)23(16)37-27(4,5)25(32)33)13-31(15-22-29-30-26(34)36-22)14-21-18(3)35-24(28-21)20-9-7-6-8-10-20/h6-12H,13-15H2,1-5H3,(H,30,34)(H,32,33). The maximum Gasteiger partial charge on any atom is 0.434 e. The first-order valence-electron chi connectivity index (χ1n) is 11.8. The molecule has 10 nitrogen and oxygen atoms in total. The molecule has 0 radical (unpaired) electrons. The molecule has 0 aliphatic rings. The summed E-state index contributed by atoms with van der Waals surface area (Å²) >= 11 is 0. The van der Waals surface area contributed by atoms with Gasteiger partial charge in [-0.3, -0.25) is 4.90 Å². The Hall–Kier alpha value is -4.18. The number of H-pyrrole nitrogens is 1. The van der Waals surface area contributed by atoms with Gasteiger partial charge in [-0.1, -0.05) is 30.3 Å². The van der Waals surface area contributed by atoms with Crippen LogP contribution in [0.2, 0.25) is 0 Å². The summed E-state index contributed by atoms with van der Waals surface area (Å²) in [4.78, 5) is 29.8. The van der Waals surface area contributed by atoms with Crippen molar-refractivity contribution in [1.29, 1.82) is 0 Å². The molecule has 0 saturated carbocycles. The molecule has 2 N–H and O–H groups in total. The number of aromatic nitrogens is 3. The number of ether oxygens (including phenoxy) is 1. The second-order valence-electron chi connectivity index (χ2n) is 9.52. The Labute approximate surface area is 213 Å². The van der Waals surface area contributed by atoms with Crippen LogP contribution >= 0.6 is 0 Å². The van der Waals surface area contributed by atoms with Gasteiger partial charge in [0.15, 0.2) is 5.60 Å². The molecule has 0 atom stereocenters. The molecule has 0 fully saturated rings. The molecule has 2 aromatic heterocycles. The fraction of sp³-hybridized carbons (Fsp3) is 0.333. The number of hydrogen-bond acceptors (Lipinski definition) is 8. The van der Waals surface area contributed by atoms with E-state index in [4.69, 9.17) is 18.6 Å². The molecule has 0 unspecified atom stereocenters. The van der Waals surface area contributed by atoms with Gasteiger partial charge in [-0.2, -0.15) is 0 Å². The lowest BCUT2D eigenvalue weighted by molar-refractivity contribution is -0.152. The van der Waals surface area contributed by atoms with Crippen molar-refractivity contribution in [2.75, 3.05) is 0 Å². The third kappa shape index (κ3) is 6.15.